The standard InChI is InChI=1S/C14H15N3O7S2.2Na/c1-8(7-13(15)18)16-17-10-5-6-11(25(19,20)21)9-3-2-4-12(14(9)10)26(22,23)24;;/h2-6,17H,7H2,1H3,(H2,15,18)(H,19,20,21)(H,22,23,24);;/q;2*+1/p-2/b16-8-;;. The maximum atomic E-state index is 11.6. The monoisotopic (exact) mass is 445 g/mol. The molecule has 0 aliphatic rings. The van der Waals surface area contributed by atoms with Crippen molar-refractivity contribution in [3.8, 4) is 0 Å². The van der Waals surface area contributed by atoms with Crippen molar-refractivity contribution in [1.82, 2.24) is 0 Å². The predicted octanol–water partition coefficient (Wildman–Crippen LogP) is -5.49. The Bertz CT molecular complexity index is 1130. The van der Waals surface area contributed by atoms with Crippen LogP contribution in [-0.2, 0) is 20.2 Å². The number of fused-ring (bicyclic) bond motifs is 1. The summed E-state index contributed by atoms with van der Waals surface area (Å²) in [4.78, 5) is -1.28. The summed E-state index contributed by atoms with van der Waals surface area (Å²) in [7, 11) is -9.66. The second-order valence-corrected chi connectivity index (χ2v) is 8.02. The summed E-state index contributed by atoms with van der Waals surface area (Å²) >= 11 is 0. The SMILES string of the molecule is C/C(CC(=N)[O-])=N/Nc1ccc(S(=O)(=O)[O-])c2cccc(S(=O)(=O)O)c12.[Na+].[Na+]. The first-order valence-corrected chi connectivity index (χ1v) is 9.79. The second-order valence-electron chi connectivity index (χ2n) is 5.28. The fraction of sp³-hybridized carbons (Fsp3) is 0.143. The maximum absolute atomic E-state index is 11.6. The normalized spacial score (nSPS) is 12.0. The molecule has 0 amide bonds. The Kier molecular flexibility index (Phi) is 10.3. The third kappa shape index (κ3) is 6.76. The minimum Gasteiger partial charge on any atom is -0.862 e. The number of nitrogens with zero attached hydrogens (tertiary/aromatic N) is 1. The van der Waals surface area contributed by atoms with Crippen LogP contribution in [0.1, 0.15) is 13.3 Å². The third-order valence-electron chi connectivity index (χ3n) is 3.29. The minimum atomic E-state index is -4.92. The van der Waals surface area contributed by atoms with E-state index in [4.69, 9.17) is 5.41 Å². The van der Waals surface area contributed by atoms with E-state index in [1.54, 1.807) is 0 Å². The summed E-state index contributed by atoms with van der Waals surface area (Å²) in [5.41, 5.74) is 2.66. The van der Waals surface area contributed by atoms with E-state index < -0.39 is 35.9 Å². The molecule has 0 radical (unpaired) electrons. The third-order valence-corrected chi connectivity index (χ3v) is 5.08. The zero-order valence-electron chi connectivity index (χ0n) is 15.3. The number of hydrazone groups is 1. The Labute approximate surface area is 206 Å². The Hall–Kier alpha value is -0.540. The number of hydrogen-bond donors (Lipinski definition) is 3. The molecule has 0 unspecified atom stereocenters. The van der Waals surface area contributed by atoms with Crippen LogP contribution in [0.25, 0.3) is 10.8 Å². The van der Waals surface area contributed by atoms with E-state index in [9.17, 15) is 31.0 Å². The van der Waals surface area contributed by atoms with Crippen LogP contribution in [0.5, 0.6) is 0 Å². The van der Waals surface area contributed by atoms with Crippen molar-refractivity contribution in [2.45, 2.75) is 23.1 Å². The van der Waals surface area contributed by atoms with Crippen LogP contribution < -0.4 is 69.6 Å². The minimum absolute atomic E-state index is 0. The molecule has 0 spiro atoms. The van der Waals surface area contributed by atoms with E-state index in [1.165, 1.54) is 19.1 Å². The Balaban J connectivity index is 0.00000364. The molecule has 28 heavy (non-hydrogen) atoms. The Morgan fingerprint density at radius 3 is 2.25 bits per heavy atom. The molecular formula is C14H13N3Na2O7S2. The first-order valence-electron chi connectivity index (χ1n) is 6.94. The van der Waals surface area contributed by atoms with Gasteiger partial charge in [-0.2, -0.15) is 13.5 Å². The molecule has 0 atom stereocenters. The summed E-state index contributed by atoms with van der Waals surface area (Å²) in [6, 6.07) is 5.51. The van der Waals surface area contributed by atoms with Gasteiger partial charge in [0.2, 0.25) is 0 Å². The van der Waals surface area contributed by atoms with Gasteiger partial charge < -0.3 is 15.1 Å². The topological polar surface area (TPSA) is 183 Å². The Morgan fingerprint density at radius 1 is 1.14 bits per heavy atom. The summed E-state index contributed by atoms with van der Waals surface area (Å²) in [6.45, 7) is 1.45. The number of hydrogen-bond acceptors (Lipinski definition) is 9. The van der Waals surface area contributed by atoms with E-state index in [0.717, 1.165) is 18.2 Å². The van der Waals surface area contributed by atoms with E-state index in [2.05, 4.69) is 10.5 Å². The maximum Gasteiger partial charge on any atom is 1.00 e. The van der Waals surface area contributed by atoms with Crippen molar-refractivity contribution in [2.75, 3.05) is 5.43 Å². The number of anilines is 1. The summed E-state index contributed by atoms with van der Waals surface area (Å²) in [5, 5.41) is 21.0. The molecule has 0 heterocycles. The molecular weight excluding hydrogens is 432 g/mol. The van der Waals surface area contributed by atoms with Crippen LogP contribution in [0.4, 0.5) is 5.69 Å². The fourth-order valence-electron chi connectivity index (χ4n) is 2.30. The molecule has 2 aromatic rings. The number of nitrogens with one attached hydrogen (secondary N) is 2. The van der Waals surface area contributed by atoms with Gasteiger partial charge in [-0.05, 0) is 31.0 Å². The fourth-order valence-corrected chi connectivity index (χ4v) is 3.70. The molecule has 14 heteroatoms. The van der Waals surface area contributed by atoms with Crippen LogP contribution in [0.15, 0.2) is 45.2 Å². The number of benzene rings is 2. The zero-order valence-corrected chi connectivity index (χ0v) is 20.9. The molecule has 3 N–H and O–H groups in total. The molecule has 0 fully saturated rings. The van der Waals surface area contributed by atoms with E-state index in [0.29, 0.717) is 0 Å². The largest absolute Gasteiger partial charge is 1.00 e. The first-order chi connectivity index (χ1) is 11.9. The van der Waals surface area contributed by atoms with Gasteiger partial charge in [0.15, 0.2) is 0 Å². The van der Waals surface area contributed by atoms with Crippen LogP contribution in [-0.4, -0.2) is 37.6 Å². The molecule has 140 valence electrons. The van der Waals surface area contributed by atoms with Crippen molar-refractivity contribution < 1.29 is 90.2 Å². The summed E-state index contributed by atoms with van der Waals surface area (Å²) in [5.74, 6) is -0.885. The van der Waals surface area contributed by atoms with Gasteiger partial charge in [-0.1, -0.05) is 12.1 Å². The quantitative estimate of drug-likeness (QED) is 0.129. The summed E-state index contributed by atoms with van der Waals surface area (Å²) < 4.78 is 67.0. The Morgan fingerprint density at radius 2 is 1.75 bits per heavy atom. The van der Waals surface area contributed by atoms with Crippen LogP contribution in [0.3, 0.4) is 0 Å². The predicted molar refractivity (Wildman–Crippen MR) is 90.8 cm³/mol. The molecule has 0 aliphatic heterocycles. The van der Waals surface area contributed by atoms with Gasteiger partial charge in [0, 0.05) is 22.9 Å². The average Bonchev–Trinajstić information content (AvgIpc) is 2.49. The molecule has 2 rings (SSSR count). The summed E-state index contributed by atoms with van der Waals surface area (Å²) in [6.07, 6.45) is -0.275. The van der Waals surface area contributed by atoms with Gasteiger partial charge in [0.05, 0.1) is 10.6 Å². The number of rotatable bonds is 6. The van der Waals surface area contributed by atoms with Crippen molar-refractivity contribution in [2.24, 2.45) is 5.10 Å². The molecule has 10 nitrogen and oxygen atoms in total. The van der Waals surface area contributed by atoms with Crippen LogP contribution in [0.2, 0.25) is 0 Å². The van der Waals surface area contributed by atoms with Gasteiger partial charge in [-0.25, -0.2) is 8.42 Å². The van der Waals surface area contributed by atoms with E-state index in [1.807, 2.05) is 0 Å². The smallest absolute Gasteiger partial charge is 0.862 e. The van der Waals surface area contributed by atoms with Gasteiger partial charge in [0.25, 0.3) is 10.1 Å². The van der Waals surface area contributed by atoms with Gasteiger partial charge >= 0.3 is 59.1 Å². The van der Waals surface area contributed by atoms with Crippen molar-refractivity contribution in [1.29, 1.82) is 5.41 Å². The molecule has 2 aromatic carbocycles. The zero-order chi connectivity index (χ0) is 19.7. The van der Waals surface area contributed by atoms with Gasteiger partial charge in [0.1, 0.15) is 15.0 Å². The van der Waals surface area contributed by atoms with E-state index in [-0.39, 0.29) is 87.7 Å². The first kappa shape index (κ1) is 27.5. The van der Waals surface area contributed by atoms with Crippen LogP contribution >= 0.6 is 0 Å². The molecule has 0 aliphatic carbocycles. The molecule has 0 bridgehead atoms. The second kappa shape index (κ2) is 10.5. The van der Waals surface area contributed by atoms with Crippen molar-refractivity contribution in [3.63, 3.8) is 0 Å². The van der Waals surface area contributed by atoms with E-state index >= 15 is 0 Å². The van der Waals surface area contributed by atoms with Crippen molar-refractivity contribution >= 4 is 48.3 Å². The van der Waals surface area contributed by atoms with Crippen molar-refractivity contribution in [3.05, 3.63) is 30.3 Å². The van der Waals surface area contributed by atoms with Crippen LogP contribution in [0, 0.1) is 5.41 Å². The molecule has 0 aromatic heterocycles. The molecule has 0 saturated heterocycles. The van der Waals surface area contributed by atoms with Gasteiger partial charge in [-0.3, -0.25) is 9.98 Å². The molecule has 0 saturated carbocycles. The van der Waals surface area contributed by atoms with Gasteiger partial charge in [-0.15, -0.1) is 0 Å². The average molecular weight is 445 g/mol.